The first-order valence-corrected chi connectivity index (χ1v) is 6.50. The number of hydrogen-bond donors (Lipinski definition) is 0. The molecule has 3 nitrogen and oxygen atoms in total. The van der Waals surface area contributed by atoms with Gasteiger partial charge < -0.3 is 4.74 Å². The lowest BCUT2D eigenvalue weighted by Gasteiger charge is -2.45. The zero-order chi connectivity index (χ0) is 12.0. The maximum atomic E-state index is 11.5. The summed E-state index contributed by atoms with van der Waals surface area (Å²) in [6, 6.07) is 0.765. The first-order valence-electron chi connectivity index (χ1n) is 6.50. The van der Waals surface area contributed by atoms with Gasteiger partial charge in [0.25, 0.3) is 0 Å². The van der Waals surface area contributed by atoms with Crippen molar-refractivity contribution in [2.45, 2.75) is 50.8 Å². The molecule has 0 amide bonds. The van der Waals surface area contributed by atoms with Gasteiger partial charge in [0.1, 0.15) is 0 Å². The summed E-state index contributed by atoms with van der Waals surface area (Å²) < 4.78 is 5.63. The van der Waals surface area contributed by atoms with Gasteiger partial charge in [-0.2, -0.15) is 0 Å². The Bertz CT molecular complexity index is 412. The first kappa shape index (κ1) is 11.0. The van der Waals surface area contributed by atoms with Crippen molar-refractivity contribution in [3.63, 3.8) is 0 Å². The van der Waals surface area contributed by atoms with Gasteiger partial charge in [-0.3, -0.25) is 4.90 Å². The second-order valence-corrected chi connectivity index (χ2v) is 5.48. The van der Waals surface area contributed by atoms with Gasteiger partial charge in [0, 0.05) is 17.7 Å². The molecule has 0 aromatic carbocycles. The van der Waals surface area contributed by atoms with Crippen LogP contribution in [0.25, 0.3) is 0 Å². The Morgan fingerprint density at radius 1 is 1.47 bits per heavy atom. The molecule has 1 unspecified atom stereocenters. The summed E-state index contributed by atoms with van der Waals surface area (Å²) in [5.74, 6) is -0.188. The van der Waals surface area contributed by atoms with Crippen molar-refractivity contribution in [2.24, 2.45) is 0 Å². The third-order valence-corrected chi connectivity index (χ3v) is 4.42. The predicted octanol–water partition coefficient (Wildman–Crippen LogP) is 2.04. The number of piperidine rings is 1. The van der Waals surface area contributed by atoms with Crippen LogP contribution in [-0.2, 0) is 9.53 Å². The highest BCUT2D eigenvalue weighted by molar-refractivity contribution is 5.88. The predicted molar refractivity (Wildman–Crippen MR) is 65.5 cm³/mol. The van der Waals surface area contributed by atoms with Gasteiger partial charge in [-0.1, -0.05) is 18.6 Å². The number of nitrogens with zero attached hydrogens (tertiary/aromatic N) is 1. The van der Waals surface area contributed by atoms with Gasteiger partial charge in [0.2, 0.25) is 0 Å². The average molecular weight is 233 g/mol. The number of hydrogen-bond acceptors (Lipinski definition) is 3. The molecule has 17 heavy (non-hydrogen) atoms. The van der Waals surface area contributed by atoms with Crippen molar-refractivity contribution in [2.75, 3.05) is 6.54 Å². The molecule has 1 fully saturated rings. The monoisotopic (exact) mass is 233 g/mol. The smallest absolute Gasteiger partial charge is 0.332 e. The van der Waals surface area contributed by atoms with Crippen LogP contribution in [0.4, 0.5) is 0 Å². The Balaban J connectivity index is 2.04. The number of ether oxygens (including phenoxy) is 1. The van der Waals surface area contributed by atoms with E-state index in [9.17, 15) is 4.79 Å². The molecule has 3 heterocycles. The fourth-order valence-corrected chi connectivity index (χ4v) is 3.43. The van der Waals surface area contributed by atoms with Gasteiger partial charge in [-0.15, -0.1) is 0 Å². The summed E-state index contributed by atoms with van der Waals surface area (Å²) in [5, 5.41) is 0. The van der Waals surface area contributed by atoms with Crippen molar-refractivity contribution < 1.29 is 9.53 Å². The van der Waals surface area contributed by atoms with Crippen molar-refractivity contribution in [1.29, 1.82) is 0 Å². The van der Waals surface area contributed by atoms with Crippen molar-refractivity contribution in [3.8, 4) is 0 Å². The van der Waals surface area contributed by atoms with E-state index in [0.29, 0.717) is 12.1 Å². The molecular weight excluding hydrogens is 214 g/mol. The van der Waals surface area contributed by atoms with Gasteiger partial charge in [-0.25, -0.2) is 4.79 Å². The van der Waals surface area contributed by atoms with E-state index in [4.69, 9.17) is 4.74 Å². The zero-order valence-corrected chi connectivity index (χ0v) is 10.5. The van der Waals surface area contributed by atoms with Gasteiger partial charge in [0.15, 0.2) is 5.60 Å². The lowest BCUT2D eigenvalue weighted by molar-refractivity contribution is -0.151. The molecule has 0 bridgehead atoms. The zero-order valence-electron chi connectivity index (χ0n) is 10.5. The Hall–Kier alpha value is -1.09. The minimum atomic E-state index is -0.432. The van der Waals surface area contributed by atoms with Crippen LogP contribution in [0, 0.1) is 0 Å². The summed E-state index contributed by atoms with van der Waals surface area (Å²) >= 11 is 0. The second-order valence-electron chi connectivity index (χ2n) is 5.48. The third kappa shape index (κ3) is 1.56. The van der Waals surface area contributed by atoms with Gasteiger partial charge in [0.05, 0.1) is 6.04 Å². The molecular formula is C14H19NO2. The Kier molecular flexibility index (Phi) is 2.40. The molecule has 0 aromatic heterocycles. The van der Waals surface area contributed by atoms with E-state index in [-0.39, 0.29) is 5.97 Å². The van der Waals surface area contributed by atoms with Crippen LogP contribution in [0.2, 0.25) is 0 Å². The van der Waals surface area contributed by atoms with Crippen LogP contribution in [0.3, 0.4) is 0 Å². The topological polar surface area (TPSA) is 29.5 Å². The van der Waals surface area contributed by atoms with Crippen molar-refractivity contribution in [3.05, 3.63) is 23.8 Å². The lowest BCUT2D eigenvalue weighted by atomic mass is 9.83. The van der Waals surface area contributed by atoms with Crippen LogP contribution < -0.4 is 0 Å². The van der Waals surface area contributed by atoms with E-state index in [0.717, 1.165) is 18.5 Å². The van der Waals surface area contributed by atoms with Gasteiger partial charge in [-0.05, 0) is 33.2 Å². The number of rotatable bonds is 0. The first-order chi connectivity index (χ1) is 8.11. The molecule has 3 aliphatic heterocycles. The van der Waals surface area contributed by atoms with E-state index in [1.807, 2.05) is 0 Å². The SMILES string of the molecule is C[C@H]1C=CC2=CC(=O)O[C@]2(C)C2CCCCN21. The highest BCUT2D eigenvalue weighted by Gasteiger charge is 2.49. The molecule has 0 saturated carbocycles. The average Bonchev–Trinajstić information content (AvgIpc) is 2.57. The Morgan fingerprint density at radius 2 is 2.29 bits per heavy atom. The lowest BCUT2D eigenvalue weighted by Crippen LogP contribution is -2.55. The largest absolute Gasteiger partial charge is 0.450 e. The molecule has 3 aliphatic rings. The Labute approximate surface area is 102 Å². The standard InChI is InChI=1S/C14H19NO2/c1-10-6-7-11-9-13(16)17-14(11,2)12-5-3-4-8-15(10)12/h6-7,9-10,12H,3-5,8H2,1-2H3/t10-,12?,14-/m0/s1. The van der Waals surface area contributed by atoms with E-state index >= 15 is 0 Å². The quantitative estimate of drug-likeness (QED) is 0.600. The van der Waals surface area contributed by atoms with Crippen LogP contribution in [0.15, 0.2) is 23.8 Å². The van der Waals surface area contributed by atoms with Crippen molar-refractivity contribution in [1.82, 2.24) is 4.90 Å². The number of fused-ring (bicyclic) bond motifs is 3. The normalized spacial score (nSPS) is 41.3. The van der Waals surface area contributed by atoms with E-state index in [1.54, 1.807) is 6.08 Å². The highest BCUT2D eigenvalue weighted by atomic mass is 16.6. The summed E-state index contributed by atoms with van der Waals surface area (Å²) in [6.45, 7) is 5.40. The Morgan fingerprint density at radius 3 is 3.12 bits per heavy atom. The molecule has 3 heteroatoms. The summed E-state index contributed by atoms with van der Waals surface area (Å²) in [5.41, 5.74) is 0.613. The molecule has 3 rings (SSSR count). The summed E-state index contributed by atoms with van der Waals surface area (Å²) in [4.78, 5) is 14.0. The van der Waals surface area contributed by atoms with Crippen molar-refractivity contribution >= 4 is 5.97 Å². The third-order valence-electron chi connectivity index (χ3n) is 4.42. The highest BCUT2D eigenvalue weighted by Crippen LogP contribution is 2.41. The molecule has 0 spiro atoms. The van der Waals surface area contributed by atoms with E-state index in [2.05, 4.69) is 30.9 Å². The summed E-state index contributed by atoms with van der Waals surface area (Å²) in [6.07, 6.45) is 9.52. The van der Waals surface area contributed by atoms with E-state index < -0.39 is 5.60 Å². The fourth-order valence-electron chi connectivity index (χ4n) is 3.43. The number of esters is 1. The number of carbonyl (C=O) groups is 1. The molecule has 0 radical (unpaired) electrons. The molecule has 0 aliphatic carbocycles. The number of carbonyl (C=O) groups excluding carboxylic acids is 1. The van der Waals surface area contributed by atoms with E-state index in [1.165, 1.54) is 12.8 Å². The van der Waals surface area contributed by atoms with Gasteiger partial charge >= 0.3 is 5.97 Å². The maximum absolute atomic E-state index is 11.5. The minimum absolute atomic E-state index is 0.188. The second kappa shape index (κ2) is 3.70. The minimum Gasteiger partial charge on any atom is -0.450 e. The summed E-state index contributed by atoms with van der Waals surface area (Å²) in [7, 11) is 0. The van der Waals surface area contributed by atoms with Crippen LogP contribution >= 0.6 is 0 Å². The molecule has 0 N–H and O–H groups in total. The van der Waals surface area contributed by atoms with Crippen LogP contribution in [-0.4, -0.2) is 35.1 Å². The molecule has 1 saturated heterocycles. The molecule has 3 atom stereocenters. The maximum Gasteiger partial charge on any atom is 0.332 e. The molecule has 92 valence electrons. The van der Waals surface area contributed by atoms with Crippen LogP contribution in [0.5, 0.6) is 0 Å². The molecule has 0 aromatic rings. The fraction of sp³-hybridized carbons (Fsp3) is 0.643. The van der Waals surface area contributed by atoms with Crippen LogP contribution in [0.1, 0.15) is 33.1 Å².